The second kappa shape index (κ2) is 5.26. The molecule has 0 radical (unpaired) electrons. The zero-order chi connectivity index (χ0) is 11.2. The van der Waals surface area contributed by atoms with E-state index >= 15 is 0 Å². The van der Waals surface area contributed by atoms with Crippen molar-refractivity contribution < 1.29 is 4.79 Å². The van der Waals surface area contributed by atoms with Crippen LogP contribution in [0.4, 0.5) is 0 Å². The molecule has 0 bridgehead atoms. The number of benzene rings is 1. The lowest BCUT2D eigenvalue weighted by Gasteiger charge is -2.03. The molecule has 2 rings (SSSR count). The first-order valence-corrected chi connectivity index (χ1v) is 5.48. The van der Waals surface area contributed by atoms with Crippen LogP contribution in [0, 0.1) is 0 Å². The van der Waals surface area contributed by atoms with E-state index in [9.17, 15) is 4.79 Å². The maximum Gasteiger partial charge on any atom is 0.181 e. The number of hydrogen-bond acceptors (Lipinski definition) is 1. The molecule has 0 aromatic heterocycles. The molecular formula is C15H14O. The molecule has 16 heavy (non-hydrogen) atoms. The monoisotopic (exact) mass is 210 g/mol. The Balaban J connectivity index is 2.02. The summed E-state index contributed by atoms with van der Waals surface area (Å²) in [7, 11) is 0. The third kappa shape index (κ3) is 2.80. The SMILES string of the molecule is O=C(/C=C/c1ccccc1)C1=CCC=CC1. The van der Waals surface area contributed by atoms with Crippen LogP contribution in [-0.4, -0.2) is 5.78 Å². The van der Waals surface area contributed by atoms with Crippen LogP contribution in [0.3, 0.4) is 0 Å². The van der Waals surface area contributed by atoms with E-state index in [0.29, 0.717) is 0 Å². The van der Waals surface area contributed by atoms with Gasteiger partial charge in [0.05, 0.1) is 0 Å². The molecule has 80 valence electrons. The highest BCUT2D eigenvalue weighted by molar-refractivity contribution is 6.06. The van der Waals surface area contributed by atoms with Crippen LogP contribution in [0.5, 0.6) is 0 Å². The fraction of sp³-hybridized carbons (Fsp3) is 0.133. The first-order chi connectivity index (χ1) is 7.86. The molecule has 0 fully saturated rings. The lowest BCUT2D eigenvalue weighted by Crippen LogP contribution is -1.99. The summed E-state index contributed by atoms with van der Waals surface area (Å²) >= 11 is 0. The summed E-state index contributed by atoms with van der Waals surface area (Å²) in [6, 6.07) is 9.87. The summed E-state index contributed by atoms with van der Waals surface area (Å²) < 4.78 is 0. The van der Waals surface area contributed by atoms with E-state index in [1.54, 1.807) is 6.08 Å². The maximum absolute atomic E-state index is 11.8. The Morgan fingerprint density at radius 1 is 1.12 bits per heavy atom. The predicted octanol–water partition coefficient (Wildman–Crippen LogP) is 3.55. The van der Waals surface area contributed by atoms with Crippen molar-refractivity contribution in [2.45, 2.75) is 12.8 Å². The van der Waals surface area contributed by atoms with Crippen molar-refractivity contribution in [1.82, 2.24) is 0 Å². The van der Waals surface area contributed by atoms with Crippen molar-refractivity contribution in [3.8, 4) is 0 Å². The van der Waals surface area contributed by atoms with Gasteiger partial charge in [-0.3, -0.25) is 4.79 Å². The molecule has 1 aliphatic rings. The normalized spacial score (nSPS) is 15.1. The zero-order valence-corrected chi connectivity index (χ0v) is 9.10. The Labute approximate surface area is 95.8 Å². The van der Waals surface area contributed by atoms with Crippen LogP contribution < -0.4 is 0 Å². The highest BCUT2D eigenvalue weighted by atomic mass is 16.1. The molecular weight excluding hydrogens is 196 g/mol. The van der Waals surface area contributed by atoms with Crippen molar-refractivity contribution in [2.75, 3.05) is 0 Å². The van der Waals surface area contributed by atoms with Gasteiger partial charge in [0.1, 0.15) is 0 Å². The summed E-state index contributed by atoms with van der Waals surface area (Å²) in [5.74, 6) is 0.119. The van der Waals surface area contributed by atoms with E-state index in [-0.39, 0.29) is 5.78 Å². The fourth-order valence-corrected chi connectivity index (χ4v) is 1.64. The molecule has 0 N–H and O–H groups in total. The van der Waals surface area contributed by atoms with Crippen molar-refractivity contribution in [3.63, 3.8) is 0 Å². The number of hydrogen-bond donors (Lipinski definition) is 0. The summed E-state index contributed by atoms with van der Waals surface area (Å²) in [6.45, 7) is 0. The third-order valence-electron chi connectivity index (χ3n) is 2.55. The molecule has 0 aliphatic heterocycles. The molecule has 0 amide bonds. The van der Waals surface area contributed by atoms with Gasteiger partial charge in [-0.05, 0) is 30.1 Å². The fourth-order valence-electron chi connectivity index (χ4n) is 1.64. The van der Waals surface area contributed by atoms with Crippen molar-refractivity contribution in [1.29, 1.82) is 0 Å². The highest BCUT2D eigenvalue weighted by Gasteiger charge is 2.05. The van der Waals surface area contributed by atoms with Gasteiger partial charge in [0.15, 0.2) is 5.78 Å². The standard InChI is InChI=1S/C15H14O/c16-15(14-9-5-2-6-10-14)12-11-13-7-3-1-4-8-13/h1-5,7-8,10-12H,6,9H2/b12-11+. The summed E-state index contributed by atoms with van der Waals surface area (Å²) in [4.78, 5) is 11.8. The molecule has 1 aromatic rings. The van der Waals surface area contributed by atoms with Gasteiger partial charge in [-0.25, -0.2) is 0 Å². The van der Waals surface area contributed by atoms with Gasteiger partial charge in [0, 0.05) is 0 Å². The minimum absolute atomic E-state index is 0.119. The van der Waals surface area contributed by atoms with Crippen LogP contribution in [0.15, 0.2) is 60.2 Å². The predicted molar refractivity (Wildman–Crippen MR) is 66.9 cm³/mol. The Morgan fingerprint density at radius 2 is 1.94 bits per heavy atom. The smallest absolute Gasteiger partial charge is 0.181 e. The molecule has 0 unspecified atom stereocenters. The van der Waals surface area contributed by atoms with E-state index < -0.39 is 0 Å². The Kier molecular flexibility index (Phi) is 3.50. The quantitative estimate of drug-likeness (QED) is 0.551. The van der Waals surface area contributed by atoms with Crippen molar-refractivity contribution in [3.05, 3.63) is 65.8 Å². The molecule has 0 spiro atoms. The minimum Gasteiger partial charge on any atom is -0.290 e. The average Bonchev–Trinajstić information content (AvgIpc) is 2.38. The summed E-state index contributed by atoms with van der Waals surface area (Å²) in [5.41, 5.74) is 1.96. The molecule has 0 heterocycles. The molecule has 1 aromatic carbocycles. The number of ketones is 1. The third-order valence-corrected chi connectivity index (χ3v) is 2.55. The molecule has 0 atom stereocenters. The van der Waals surface area contributed by atoms with Crippen LogP contribution in [0.2, 0.25) is 0 Å². The summed E-state index contributed by atoms with van der Waals surface area (Å²) in [6.07, 6.45) is 11.3. The number of carbonyl (C=O) groups excluding carboxylic acids is 1. The van der Waals surface area contributed by atoms with E-state index in [4.69, 9.17) is 0 Å². The Bertz CT molecular complexity index is 450. The van der Waals surface area contributed by atoms with Gasteiger partial charge in [-0.2, -0.15) is 0 Å². The van der Waals surface area contributed by atoms with Gasteiger partial charge in [0.25, 0.3) is 0 Å². The van der Waals surface area contributed by atoms with E-state index in [0.717, 1.165) is 24.0 Å². The number of rotatable bonds is 3. The van der Waals surface area contributed by atoms with Crippen molar-refractivity contribution >= 4 is 11.9 Å². The van der Waals surface area contributed by atoms with Crippen LogP contribution >= 0.6 is 0 Å². The largest absolute Gasteiger partial charge is 0.290 e. The lowest BCUT2D eigenvalue weighted by molar-refractivity contribution is -0.111. The van der Waals surface area contributed by atoms with Crippen LogP contribution in [0.25, 0.3) is 6.08 Å². The second-order valence-corrected chi connectivity index (χ2v) is 3.75. The topological polar surface area (TPSA) is 17.1 Å². The van der Waals surface area contributed by atoms with E-state index in [1.165, 1.54) is 0 Å². The zero-order valence-electron chi connectivity index (χ0n) is 9.10. The molecule has 0 saturated carbocycles. The maximum atomic E-state index is 11.8. The molecule has 1 nitrogen and oxygen atoms in total. The van der Waals surface area contributed by atoms with Gasteiger partial charge in [0.2, 0.25) is 0 Å². The average molecular weight is 210 g/mol. The molecule has 0 saturated heterocycles. The van der Waals surface area contributed by atoms with E-state index in [1.807, 2.05) is 48.6 Å². The van der Waals surface area contributed by atoms with Crippen molar-refractivity contribution in [2.24, 2.45) is 0 Å². The van der Waals surface area contributed by atoms with Crippen LogP contribution in [0.1, 0.15) is 18.4 Å². The van der Waals surface area contributed by atoms with Gasteiger partial charge < -0.3 is 0 Å². The molecule has 1 aliphatic carbocycles. The van der Waals surface area contributed by atoms with Gasteiger partial charge in [-0.1, -0.05) is 54.6 Å². The van der Waals surface area contributed by atoms with Gasteiger partial charge in [-0.15, -0.1) is 0 Å². The number of carbonyl (C=O) groups is 1. The van der Waals surface area contributed by atoms with Crippen LogP contribution in [-0.2, 0) is 4.79 Å². The minimum atomic E-state index is 0.119. The molecule has 1 heteroatoms. The first kappa shape index (κ1) is 10.6. The van der Waals surface area contributed by atoms with E-state index in [2.05, 4.69) is 6.08 Å². The number of allylic oxidation sites excluding steroid dienone is 5. The first-order valence-electron chi connectivity index (χ1n) is 5.48. The summed E-state index contributed by atoms with van der Waals surface area (Å²) in [5, 5.41) is 0. The second-order valence-electron chi connectivity index (χ2n) is 3.75. The lowest BCUT2D eigenvalue weighted by atomic mass is 10.0. The Hall–Kier alpha value is -1.89. The van der Waals surface area contributed by atoms with Gasteiger partial charge >= 0.3 is 0 Å². The highest BCUT2D eigenvalue weighted by Crippen LogP contribution is 2.13. The Morgan fingerprint density at radius 3 is 2.62 bits per heavy atom.